The first-order valence-corrected chi connectivity index (χ1v) is 5.36. The SMILES string of the molecule is O=C(c1cc(Cl)c[nH]1)N1CCCC1CO. The number of H-pyrrole nitrogens is 1. The third-order valence-electron chi connectivity index (χ3n) is 2.73. The molecule has 0 radical (unpaired) electrons. The van der Waals surface area contributed by atoms with Gasteiger partial charge in [0, 0.05) is 12.7 Å². The van der Waals surface area contributed by atoms with Crippen molar-refractivity contribution in [2.75, 3.05) is 13.2 Å². The molecule has 0 spiro atoms. The molecule has 82 valence electrons. The molecule has 0 aromatic carbocycles. The Balaban J connectivity index is 2.13. The Morgan fingerprint density at radius 3 is 3.13 bits per heavy atom. The lowest BCUT2D eigenvalue weighted by Gasteiger charge is -2.22. The van der Waals surface area contributed by atoms with Crippen molar-refractivity contribution < 1.29 is 9.90 Å². The topological polar surface area (TPSA) is 56.3 Å². The van der Waals surface area contributed by atoms with Crippen molar-refractivity contribution in [1.29, 1.82) is 0 Å². The number of aromatic amines is 1. The fourth-order valence-electron chi connectivity index (χ4n) is 1.94. The molecule has 1 amide bonds. The summed E-state index contributed by atoms with van der Waals surface area (Å²) in [4.78, 5) is 16.5. The van der Waals surface area contributed by atoms with Crippen LogP contribution in [0.5, 0.6) is 0 Å². The molecule has 1 aromatic rings. The number of rotatable bonds is 2. The molecule has 2 rings (SSSR count). The molecule has 4 nitrogen and oxygen atoms in total. The van der Waals surface area contributed by atoms with Crippen molar-refractivity contribution in [3.63, 3.8) is 0 Å². The van der Waals surface area contributed by atoms with Gasteiger partial charge in [0.25, 0.3) is 5.91 Å². The Morgan fingerprint density at radius 1 is 1.73 bits per heavy atom. The van der Waals surface area contributed by atoms with E-state index in [0.29, 0.717) is 17.3 Å². The molecular weight excluding hydrogens is 216 g/mol. The van der Waals surface area contributed by atoms with Gasteiger partial charge in [-0.15, -0.1) is 0 Å². The Morgan fingerprint density at radius 2 is 2.53 bits per heavy atom. The highest BCUT2D eigenvalue weighted by Gasteiger charge is 2.29. The summed E-state index contributed by atoms with van der Waals surface area (Å²) in [6, 6.07) is 1.57. The maximum Gasteiger partial charge on any atom is 0.270 e. The highest BCUT2D eigenvalue weighted by Crippen LogP contribution is 2.20. The van der Waals surface area contributed by atoms with Gasteiger partial charge in [0.1, 0.15) is 5.69 Å². The largest absolute Gasteiger partial charge is 0.394 e. The zero-order valence-electron chi connectivity index (χ0n) is 8.24. The molecule has 1 unspecified atom stereocenters. The van der Waals surface area contributed by atoms with Crippen LogP contribution in [-0.4, -0.2) is 40.1 Å². The highest BCUT2D eigenvalue weighted by atomic mass is 35.5. The summed E-state index contributed by atoms with van der Waals surface area (Å²) in [5.41, 5.74) is 0.486. The summed E-state index contributed by atoms with van der Waals surface area (Å²) >= 11 is 5.73. The van der Waals surface area contributed by atoms with Crippen LogP contribution < -0.4 is 0 Å². The lowest BCUT2D eigenvalue weighted by Crippen LogP contribution is -2.37. The van der Waals surface area contributed by atoms with Crippen LogP contribution in [0.1, 0.15) is 23.3 Å². The van der Waals surface area contributed by atoms with Crippen LogP contribution in [0.4, 0.5) is 0 Å². The minimum Gasteiger partial charge on any atom is -0.394 e. The number of amides is 1. The van der Waals surface area contributed by atoms with Crippen molar-refractivity contribution in [2.24, 2.45) is 0 Å². The standard InChI is InChI=1S/C10H13ClN2O2/c11-7-4-9(12-5-7)10(15)13-3-1-2-8(13)6-14/h4-5,8,12,14H,1-3,6H2. The Labute approximate surface area is 92.8 Å². The Kier molecular flexibility index (Phi) is 2.98. The maximum absolute atomic E-state index is 12.0. The van der Waals surface area contributed by atoms with E-state index in [0.717, 1.165) is 12.8 Å². The van der Waals surface area contributed by atoms with Gasteiger partial charge in [0.15, 0.2) is 0 Å². The Bertz CT molecular complexity index is 364. The van der Waals surface area contributed by atoms with Crippen molar-refractivity contribution in [3.05, 3.63) is 23.0 Å². The van der Waals surface area contributed by atoms with Crippen molar-refractivity contribution in [2.45, 2.75) is 18.9 Å². The van der Waals surface area contributed by atoms with Crippen LogP contribution in [-0.2, 0) is 0 Å². The number of nitrogens with zero attached hydrogens (tertiary/aromatic N) is 1. The first-order valence-electron chi connectivity index (χ1n) is 4.98. The quantitative estimate of drug-likeness (QED) is 0.801. The summed E-state index contributed by atoms with van der Waals surface area (Å²) in [6.07, 6.45) is 3.40. The molecule has 1 aliphatic heterocycles. The van der Waals surface area contributed by atoms with E-state index in [9.17, 15) is 4.79 Å². The lowest BCUT2D eigenvalue weighted by atomic mass is 10.2. The van der Waals surface area contributed by atoms with Gasteiger partial charge in [-0.3, -0.25) is 4.79 Å². The van der Waals surface area contributed by atoms with Crippen LogP contribution in [0.2, 0.25) is 5.02 Å². The van der Waals surface area contributed by atoms with Crippen molar-refractivity contribution in [1.82, 2.24) is 9.88 Å². The van der Waals surface area contributed by atoms with E-state index in [-0.39, 0.29) is 18.6 Å². The minimum atomic E-state index is -0.0848. The molecule has 2 N–H and O–H groups in total. The Hall–Kier alpha value is -1.00. The monoisotopic (exact) mass is 228 g/mol. The molecule has 5 heteroatoms. The molecule has 0 saturated carbocycles. The number of hydrogen-bond donors (Lipinski definition) is 2. The number of likely N-dealkylation sites (tertiary alicyclic amines) is 1. The number of hydrogen-bond acceptors (Lipinski definition) is 2. The van der Waals surface area contributed by atoms with E-state index in [4.69, 9.17) is 16.7 Å². The number of halogens is 1. The predicted octanol–water partition coefficient (Wildman–Crippen LogP) is 1.26. The zero-order valence-corrected chi connectivity index (χ0v) is 9.00. The number of aromatic nitrogens is 1. The highest BCUT2D eigenvalue weighted by molar-refractivity contribution is 6.30. The van der Waals surface area contributed by atoms with Gasteiger partial charge in [-0.05, 0) is 18.9 Å². The van der Waals surface area contributed by atoms with Crippen LogP contribution in [0.25, 0.3) is 0 Å². The van der Waals surface area contributed by atoms with E-state index in [1.165, 1.54) is 0 Å². The van der Waals surface area contributed by atoms with Crippen LogP contribution in [0.15, 0.2) is 12.3 Å². The molecule has 1 atom stereocenters. The summed E-state index contributed by atoms with van der Waals surface area (Å²) in [6.45, 7) is 0.737. The molecule has 1 aliphatic rings. The molecule has 15 heavy (non-hydrogen) atoms. The predicted molar refractivity (Wildman–Crippen MR) is 56.9 cm³/mol. The first-order chi connectivity index (χ1) is 7.22. The smallest absolute Gasteiger partial charge is 0.270 e. The van der Waals surface area contributed by atoms with Crippen molar-refractivity contribution in [3.8, 4) is 0 Å². The summed E-state index contributed by atoms with van der Waals surface area (Å²) in [5.74, 6) is -0.0848. The van der Waals surface area contributed by atoms with Crippen LogP contribution in [0.3, 0.4) is 0 Å². The molecule has 1 aromatic heterocycles. The summed E-state index contributed by atoms with van der Waals surface area (Å²) in [7, 11) is 0. The van der Waals surface area contributed by atoms with Gasteiger partial charge in [-0.25, -0.2) is 0 Å². The lowest BCUT2D eigenvalue weighted by molar-refractivity contribution is 0.0672. The normalized spacial score (nSPS) is 20.9. The van der Waals surface area contributed by atoms with Gasteiger partial charge in [-0.1, -0.05) is 11.6 Å². The fourth-order valence-corrected chi connectivity index (χ4v) is 2.10. The molecule has 2 heterocycles. The van der Waals surface area contributed by atoms with Gasteiger partial charge in [0.2, 0.25) is 0 Å². The fraction of sp³-hybridized carbons (Fsp3) is 0.500. The molecular formula is C10H13ClN2O2. The van der Waals surface area contributed by atoms with Crippen LogP contribution in [0, 0.1) is 0 Å². The van der Waals surface area contributed by atoms with E-state index in [1.54, 1.807) is 17.2 Å². The molecule has 0 bridgehead atoms. The van der Waals surface area contributed by atoms with E-state index >= 15 is 0 Å². The summed E-state index contributed by atoms with van der Waals surface area (Å²) in [5, 5.41) is 9.63. The number of aliphatic hydroxyl groups is 1. The second-order valence-corrected chi connectivity index (χ2v) is 4.15. The van der Waals surface area contributed by atoms with Gasteiger partial charge in [-0.2, -0.15) is 0 Å². The number of carbonyl (C=O) groups is 1. The van der Waals surface area contributed by atoms with E-state index in [1.807, 2.05) is 0 Å². The second-order valence-electron chi connectivity index (χ2n) is 3.71. The third-order valence-corrected chi connectivity index (χ3v) is 2.95. The summed E-state index contributed by atoms with van der Waals surface area (Å²) < 4.78 is 0. The molecule has 0 aliphatic carbocycles. The van der Waals surface area contributed by atoms with Gasteiger partial charge >= 0.3 is 0 Å². The van der Waals surface area contributed by atoms with E-state index in [2.05, 4.69) is 4.98 Å². The van der Waals surface area contributed by atoms with Gasteiger partial charge in [0.05, 0.1) is 17.7 Å². The van der Waals surface area contributed by atoms with Crippen molar-refractivity contribution >= 4 is 17.5 Å². The molecule has 1 fully saturated rings. The zero-order chi connectivity index (χ0) is 10.8. The number of carbonyl (C=O) groups excluding carboxylic acids is 1. The van der Waals surface area contributed by atoms with Crippen LogP contribution >= 0.6 is 11.6 Å². The van der Waals surface area contributed by atoms with E-state index < -0.39 is 0 Å². The minimum absolute atomic E-state index is 0.0280. The number of nitrogens with one attached hydrogen (secondary N) is 1. The first kappa shape index (κ1) is 10.5. The average Bonchev–Trinajstić information content (AvgIpc) is 2.84. The number of aliphatic hydroxyl groups excluding tert-OH is 1. The second kappa shape index (κ2) is 4.24. The third kappa shape index (κ3) is 2.01. The average molecular weight is 229 g/mol. The van der Waals surface area contributed by atoms with Gasteiger partial charge < -0.3 is 15.0 Å². The molecule has 1 saturated heterocycles. The maximum atomic E-state index is 12.0.